The summed E-state index contributed by atoms with van der Waals surface area (Å²) in [6, 6.07) is 6.69. The van der Waals surface area contributed by atoms with Crippen LogP contribution in [0, 0.1) is 12.8 Å². The molecule has 1 amide bonds. The number of nitrogens with one attached hydrogen (secondary N) is 1. The average molecular weight is 555 g/mol. The number of ketones is 1. The van der Waals surface area contributed by atoms with Gasteiger partial charge >= 0.3 is 0 Å². The first-order valence-electron chi connectivity index (χ1n) is 12.4. The maximum Gasteiger partial charge on any atom is 0.274 e. The van der Waals surface area contributed by atoms with Gasteiger partial charge in [0, 0.05) is 31.2 Å². The van der Waals surface area contributed by atoms with Gasteiger partial charge in [0.15, 0.2) is 11.6 Å². The van der Waals surface area contributed by atoms with Crippen molar-refractivity contribution >= 4 is 39.9 Å². The quantitative estimate of drug-likeness (QED) is 0.198. The molecule has 0 spiro atoms. The van der Waals surface area contributed by atoms with Crippen LogP contribution >= 0.6 is 11.6 Å². The first-order chi connectivity index (χ1) is 18.7. The standard InChI is InChI=1S/C27H31ClN6O5/c1-16(2)11-21(35)23-24(17(3)12-18-14-30-33(25(18)23)15-39-10-9-37-4)31-27(36)20-13-22(38-5)32-34(20)26-19(28)7-6-8-29-26/h6-8,12-14,16H,9-11,15H2,1-5H3,(H,31,36). The monoisotopic (exact) mass is 554 g/mol. The molecule has 0 bridgehead atoms. The van der Waals surface area contributed by atoms with Crippen molar-refractivity contribution < 1.29 is 23.8 Å². The Morgan fingerprint density at radius 1 is 1.18 bits per heavy atom. The average Bonchev–Trinajstić information content (AvgIpc) is 3.51. The van der Waals surface area contributed by atoms with Crippen LogP contribution in [0.15, 0.2) is 36.7 Å². The summed E-state index contributed by atoms with van der Waals surface area (Å²) in [6.45, 7) is 6.68. The highest BCUT2D eigenvalue weighted by atomic mass is 35.5. The van der Waals surface area contributed by atoms with Gasteiger partial charge < -0.3 is 19.5 Å². The van der Waals surface area contributed by atoms with Crippen molar-refractivity contribution in [2.45, 2.75) is 33.9 Å². The molecule has 0 atom stereocenters. The normalized spacial score (nSPS) is 11.4. The van der Waals surface area contributed by atoms with Crippen molar-refractivity contribution in [2.24, 2.45) is 5.92 Å². The van der Waals surface area contributed by atoms with Gasteiger partial charge in [-0.3, -0.25) is 9.59 Å². The van der Waals surface area contributed by atoms with Crippen LogP contribution in [-0.4, -0.2) is 63.7 Å². The molecule has 1 N–H and O–H groups in total. The number of amides is 1. The Morgan fingerprint density at radius 2 is 1.97 bits per heavy atom. The molecular formula is C27H31ClN6O5. The molecule has 0 unspecified atom stereocenters. The number of Topliss-reactive ketones (excluding diaryl/α,β-unsaturated/α-hetero) is 1. The van der Waals surface area contributed by atoms with E-state index in [-0.39, 0.29) is 42.2 Å². The molecule has 0 aliphatic rings. The number of carbonyl (C=O) groups is 2. The highest BCUT2D eigenvalue weighted by Gasteiger charge is 2.26. The Bertz CT molecular complexity index is 1500. The minimum Gasteiger partial charge on any atom is -0.480 e. The molecule has 3 aromatic heterocycles. The predicted molar refractivity (Wildman–Crippen MR) is 147 cm³/mol. The zero-order valence-corrected chi connectivity index (χ0v) is 23.3. The maximum atomic E-state index is 13.7. The van der Waals surface area contributed by atoms with E-state index in [0.717, 1.165) is 5.39 Å². The van der Waals surface area contributed by atoms with Crippen molar-refractivity contribution in [1.29, 1.82) is 0 Å². The molecule has 0 aliphatic heterocycles. The number of carbonyl (C=O) groups excluding carboxylic acids is 2. The number of hydrogen-bond donors (Lipinski definition) is 1. The van der Waals surface area contributed by atoms with Crippen LogP contribution in [0.5, 0.6) is 5.88 Å². The molecular weight excluding hydrogens is 524 g/mol. The Morgan fingerprint density at radius 3 is 2.67 bits per heavy atom. The van der Waals surface area contributed by atoms with Gasteiger partial charge in [-0.05, 0) is 36.6 Å². The summed E-state index contributed by atoms with van der Waals surface area (Å²) in [5.74, 6) is -0.0657. The van der Waals surface area contributed by atoms with Crippen LogP contribution in [0.2, 0.25) is 5.02 Å². The lowest BCUT2D eigenvalue weighted by Crippen LogP contribution is -2.21. The summed E-state index contributed by atoms with van der Waals surface area (Å²) in [4.78, 5) is 31.7. The number of fused-ring (bicyclic) bond motifs is 1. The highest BCUT2D eigenvalue weighted by molar-refractivity contribution is 6.32. The number of hydrogen-bond acceptors (Lipinski definition) is 8. The summed E-state index contributed by atoms with van der Waals surface area (Å²) in [5.41, 5.74) is 2.17. The Balaban J connectivity index is 1.81. The largest absolute Gasteiger partial charge is 0.480 e. The number of nitrogens with zero attached hydrogens (tertiary/aromatic N) is 5. The van der Waals surface area contributed by atoms with Gasteiger partial charge in [-0.15, -0.1) is 5.10 Å². The lowest BCUT2D eigenvalue weighted by Gasteiger charge is -2.17. The molecule has 1 aromatic carbocycles. The zero-order chi connectivity index (χ0) is 28.1. The number of methoxy groups -OCH3 is 2. The van der Waals surface area contributed by atoms with E-state index in [1.807, 2.05) is 26.8 Å². The summed E-state index contributed by atoms with van der Waals surface area (Å²) < 4.78 is 18.9. The molecule has 0 saturated carbocycles. The Hall–Kier alpha value is -3.80. The van der Waals surface area contributed by atoms with Crippen molar-refractivity contribution in [2.75, 3.05) is 32.8 Å². The first-order valence-corrected chi connectivity index (χ1v) is 12.8. The highest BCUT2D eigenvalue weighted by Crippen LogP contribution is 2.33. The van der Waals surface area contributed by atoms with E-state index in [1.165, 1.54) is 17.9 Å². The van der Waals surface area contributed by atoms with E-state index in [9.17, 15) is 9.59 Å². The lowest BCUT2D eigenvalue weighted by atomic mass is 9.95. The molecule has 0 saturated heterocycles. The third-order valence-electron chi connectivity index (χ3n) is 5.95. The number of pyridine rings is 1. The topological polar surface area (TPSA) is 122 Å². The van der Waals surface area contributed by atoms with Crippen LogP contribution in [0.4, 0.5) is 5.69 Å². The number of rotatable bonds is 12. The van der Waals surface area contributed by atoms with Gasteiger partial charge in [0.25, 0.3) is 5.91 Å². The summed E-state index contributed by atoms with van der Waals surface area (Å²) in [6.07, 6.45) is 3.52. The van der Waals surface area contributed by atoms with Gasteiger partial charge in [-0.1, -0.05) is 25.4 Å². The fourth-order valence-electron chi connectivity index (χ4n) is 4.19. The second-order valence-corrected chi connectivity index (χ2v) is 9.73. The second-order valence-electron chi connectivity index (χ2n) is 9.32. The van der Waals surface area contributed by atoms with E-state index >= 15 is 0 Å². The molecule has 4 aromatic rings. The van der Waals surface area contributed by atoms with Gasteiger partial charge in [0.05, 0.1) is 48.3 Å². The number of ether oxygens (including phenoxy) is 3. The molecule has 206 valence electrons. The minimum atomic E-state index is -0.518. The third-order valence-corrected chi connectivity index (χ3v) is 6.24. The molecule has 0 fully saturated rings. The minimum absolute atomic E-state index is 0.0999. The van der Waals surface area contributed by atoms with E-state index in [1.54, 1.807) is 36.3 Å². The first kappa shape index (κ1) is 28.2. The smallest absolute Gasteiger partial charge is 0.274 e. The Labute approximate surface area is 231 Å². The molecule has 3 heterocycles. The number of anilines is 1. The van der Waals surface area contributed by atoms with Crippen molar-refractivity contribution in [3.05, 3.63) is 58.5 Å². The van der Waals surface area contributed by atoms with E-state index < -0.39 is 5.91 Å². The van der Waals surface area contributed by atoms with Gasteiger partial charge in [-0.25, -0.2) is 14.3 Å². The summed E-state index contributed by atoms with van der Waals surface area (Å²) >= 11 is 6.35. The maximum absolute atomic E-state index is 13.7. The van der Waals surface area contributed by atoms with E-state index in [2.05, 4.69) is 20.5 Å². The van der Waals surface area contributed by atoms with E-state index in [0.29, 0.717) is 40.6 Å². The van der Waals surface area contributed by atoms with Crippen LogP contribution in [-0.2, 0) is 16.2 Å². The molecule has 12 heteroatoms. The van der Waals surface area contributed by atoms with Gasteiger partial charge in [0.2, 0.25) is 5.88 Å². The van der Waals surface area contributed by atoms with Gasteiger partial charge in [-0.2, -0.15) is 5.10 Å². The molecule has 0 aliphatic carbocycles. The van der Waals surface area contributed by atoms with Crippen molar-refractivity contribution in [3.63, 3.8) is 0 Å². The van der Waals surface area contributed by atoms with Gasteiger partial charge in [0.1, 0.15) is 12.4 Å². The second kappa shape index (κ2) is 12.4. The predicted octanol–water partition coefficient (Wildman–Crippen LogP) is 4.69. The fraction of sp³-hybridized carbons (Fsp3) is 0.370. The molecule has 4 rings (SSSR count). The molecule has 11 nitrogen and oxygen atoms in total. The van der Waals surface area contributed by atoms with Crippen molar-refractivity contribution in [3.8, 4) is 11.7 Å². The lowest BCUT2D eigenvalue weighted by molar-refractivity contribution is 0.0308. The number of halogens is 1. The van der Waals surface area contributed by atoms with E-state index in [4.69, 9.17) is 25.8 Å². The van der Waals surface area contributed by atoms with Crippen LogP contribution in [0.1, 0.15) is 46.7 Å². The van der Waals surface area contributed by atoms with Crippen LogP contribution in [0.25, 0.3) is 16.7 Å². The number of aromatic nitrogens is 5. The SMILES string of the molecule is COCCOCn1ncc2cc(C)c(NC(=O)c3cc(OC)nn3-c3ncccc3Cl)c(C(=O)CC(C)C)c21. The van der Waals surface area contributed by atoms with Crippen molar-refractivity contribution in [1.82, 2.24) is 24.5 Å². The number of aryl methyl sites for hydroxylation is 1. The summed E-state index contributed by atoms with van der Waals surface area (Å²) in [7, 11) is 3.04. The fourth-order valence-corrected chi connectivity index (χ4v) is 4.39. The Kier molecular flexibility index (Phi) is 8.95. The zero-order valence-electron chi connectivity index (χ0n) is 22.5. The number of benzene rings is 1. The summed E-state index contributed by atoms with van der Waals surface area (Å²) in [5, 5.41) is 12.8. The van der Waals surface area contributed by atoms with Crippen LogP contribution in [0.3, 0.4) is 0 Å². The van der Waals surface area contributed by atoms with Crippen LogP contribution < -0.4 is 10.1 Å². The molecule has 0 radical (unpaired) electrons. The molecule has 39 heavy (non-hydrogen) atoms. The third kappa shape index (κ3) is 6.11.